The fraction of sp³-hybridized carbons (Fsp3) is 0.368. The van der Waals surface area contributed by atoms with Crippen LogP contribution in [0.25, 0.3) is 0 Å². The number of nitrogens with one attached hydrogen (secondary N) is 4. The van der Waals surface area contributed by atoms with Gasteiger partial charge in [-0.1, -0.05) is 36.7 Å². The first-order chi connectivity index (χ1) is 13.9. The van der Waals surface area contributed by atoms with Gasteiger partial charge in [0.05, 0.1) is 5.69 Å². The van der Waals surface area contributed by atoms with Crippen LogP contribution in [0.15, 0.2) is 30.3 Å². The number of rotatable bonds is 5. The van der Waals surface area contributed by atoms with Gasteiger partial charge in [0.1, 0.15) is 5.82 Å². The molecule has 3 amide bonds. The van der Waals surface area contributed by atoms with Gasteiger partial charge < -0.3 is 16.0 Å². The Morgan fingerprint density at radius 2 is 2.07 bits per heavy atom. The highest BCUT2D eigenvalue weighted by atomic mass is 35.5. The van der Waals surface area contributed by atoms with Crippen molar-refractivity contribution >= 4 is 35.1 Å². The first kappa shape index (κ1) is 20.8. The average molecular weight is 419 g/mol. The number of carbonyl (C=O) groups excluding carboxylic acids is 3. The molecule has 0 aliphatic carbocycles. The molecule has 1 saturated heterocycles. The number of amides is 3. The number of aryl methyl sites for hydroxylation is 1. The van der Waals surface area contributed by atoms with Crippen molar-refractivity contribution in [3.63, 3.8) is 0 Å². The summed E-state index contributed by atoms with van der Waals surface area (Å²) in [5, 5.41) is 16.0. The molecule has 2 aromatic rings. The lowest BCUT2D eigenvalue weighted by atomic mass is 10.1. The molecule has 9 nitrogen and oxygen atoms in total. The topological polar surface area (TPSA) is 117 Å². The lowest BCUT2D eigenvalue weighted by Gasteiger charge is -2.31. The summed E-state index contributed by atoms with van der Waals surface area (Å²) in [7, 11) is 0. The van der Waals surface area contributed by atoms with Crippen molar-refractivity contribution in [3.05, 3.63) is 46.6 Å². The summed E-state index contributed by atoms with van der Waals surface area (Å²) in [6, 6.07) is 8.68. The third kappa shape index (κ3) is 5.12. The number of benzene rings is 1. The Bertz CT molecular complexity index is 928. The first-order valence-corrected chi connectivity index (χ1v) is 9.69. The zero-order valence-electron chi connectivity index (χ0n) is 16.2. The summed E-state index contributed by atoms with van der Waals surface area (Å²) in [6.07, 6.45) is 0.534. The van der Waals surface area contributed by atoms with Crippen LogP contribution in [0.2, 0.25) is 5.02 Å². The summed E-state index contributed by atoms with van der Waals surface area (Å²) in [6.45, 7) is 3.86. The highest BCUT2D eigenvalue weighted by Crippen LogP contribution is 2.18. The van der Waals surface area contributed by atoms with Crippen LogP contribution in [0, 0.1) is 6.92 Å². The van der Waals surface area contributed by atoms with Gasteiger partial charge in [-0.25, -0.2) is 4.68 Å². The molecule has 1 aliphatic rings. The number of hydrogen-bond donors (Lipinski definition) is 4. The molecule has 1 aromatic carbocycles. The first-order valence-electron chi connectivity index (χ1n) is 9.31. The van der Waals surface area contributed by atoms with Gasteiger partial charge in [0.25, 0.3) is 0 Å². The summed E-state index contributed by atoms with van der Waals surface area (Å²) in [5.41, 5.74) is 1.34. The highest BCUT2D eigenvalue weighted by molar-refractivity contribution is 6.39. The zero-order chi connectivity index (χ0) is 21.0. The molecular formula is C19H23ClN6O3. The number of halogens is 1. The maximum absolute atomic E-state index is 12.3. The van der Waals surface area contributed by atoms with Crippen LogP contribution in [-0.4, -0.2) is 33.5 Å². The molecule has 2 heterocycles. The van der Waals surface area contributed by atoms with E-state index >= 15 is 0 Å². The molecule has 1 aliphatic heterocycles. The van der Waals surface area contributed by atoms with Crippen molar-refractivity contribution in [2.24, 2.45) is 0 Å². The molecule has 2 unspecified atom stereocenters. The van der Waals surface area contributed by atoms with Gasteiger partial charge >= 0.3 is 11.8 Å². The molecule has 29 heavy (non-hydrogen) atoms. The predicted molar refractivity (Wildman–Crippen MR) is 108 cm³/mol. The molecule has 4 N–H and O–H groups in total. The van der Waals surface area contributed by atoms with Crippen molar-refractivity contribution in [3.8, 4) is 0 Å². The number of anilines is 1. The minimum absolute atomic E-state index is 0.000673. The van der Waals surface area contributed by atoms with Crippen molar-refractivity contribution in [2.45, 2.75) is 45.6 Å². The maximum Gasteiger partial charge on any atom is 0.314 e. The van der Waals surface area contributed by atoms with Gasteiger partial charge in [-0.2, -0.15) is 5.10 Å². The van der Waals surface area contributed by atoms with Crippen molar-refractivity contribution in [1.29, 1.82) is 0 Å². The predicted octanol–water partition coefficient (Wildman–Crippen LogP) is 1.44. The van der Waals surface area contributed by atoms with E-state index in [4.69, 9.17) is 11.6 Å². The fourth-order valence-corrected chi connectivity index (χ4v) is 3.23. The van der Waals surface area contributed by atoms with E-state index in [1.807, 2.05) is 6.92 Å². The van der Waals surface area contributed by atoms with E-state index in [0.29, 0.717) is 28.5 Å². The number of carbonyl (C=O) groups is 3. The smallest absolute Gasteiger partial charge is 0.314 e. The Morgan fingerprint density at radius 1 is 1.31 bits per heavy atom. The molecule has 0 bridgehead atoms. The molecule has 2 atom stereocenters. The largest absolute Gasteiger partial charge is 0.344 e. The van der Waals surface area contributed by atoms with Crippen LogP contribution in [0.1, 0.15) is 37.3 Å². The van der Waals surface area contributed by atoms with Gasteiger partial charge in [-0.15, -0.1) is 0 Å². The lowest BCUT2D eigenvalue weighted by Crippen LogP contribution is -2.53. The Hall–Kier alpha value is -2.91. The normalized spacial score (nSPS) is 18.8. The number of hydrogen-bond acceptors (Lipinski definition) is 5. The van der Waals surface area contributed by atoms with Gasteiger partial charge in [-0.3, -0.25) is 19.7 Å². The minimum atomic E-state index is -0.840. The summed E-state index contributed by atoms with van der Waals surface area (Å²) >= 11 is 6.06. The highest BCUT2D eigenvalue weighted by Gasteiger charge is 2.28. The van der Waals surface area contributed by atoms with E-state index in [0.717, 1.165) is 6.42 Å². The molecule has 3 rings (SSSR count). The van der Waals surface area contributed by atoms with E-state index in [1.165, 1.54) is 4.68 Å². The van der Waals surface area contributed by atoms with Gasteiger partial charge in [0.15, 0.2) is 6.29 Å². The molecule has 0 saturated carbocycles. The molecular weight excluding hydrogens is 396 g/mol. The number of aromatic nitrogens is 2. The van der Waals surface area contributed by atoms with Crippen molar-refractivity contribution in [2.75, 3.05) is 5.32 Å². The van der Waals surface area contributed by atoms with E-state index in [-0.39, 0.29) is 18.5 Å². The molecule has 154 valence electrons. The third-order valence-corrected chi connectivity index (χ3v) is 4.93. The Kier molecular flexibility index (Phi) is 6.50. The minimum Gasteiger partial charge on any atom is -0.344 e. The van der Waals surface area contributed by atoms with Gasteiger partial charge in [0.2, 0.25) is 5.91 Å². The van der Waals surface area contributed by atoms with Gasteiger partial charge in [-0.05, 0) is 25.0 Å². The standard InChI is InChI=1S/C19H23ClN6O3/c1-3-13-9-16(27)24-19(22-13)26-15(8-11(2)25-26)23-18(29)17(28)21-10-12-6-4-5-7-14(12)20/h4-8,13,19,22H,3,9-10H2,1-2H3,(H,21,28)(H,23,29)(H,24,27). The van der Waals surface area contributed by atoms with Crippen LogP contribution in [-0.2, 0) is 20.9 Å². The second kappa shape index (κ2) is 9.06. The van der Waals surface area contributed by atoms with Crippen LogP contribution < -0.4 is 21.3 Å². The second-order valence-corrected chi connectivity index (χ2v) is 7.20. The zero-order valence-corrected chi connectivity index (χ0v) is 16.9. The average Bonchev–Trinajstić information content (AvgIpc) is 3.06. The van der Waals surface area contributed by atoms with Gasteiger partial charge in [0, 0.05) is 30.1 Å². The SMILES string of the molecule is CCC1CC(=O)NC(n2nc(C)cc2NC(=O)C(=O)NCc2ccccc2Cl)N1. The summed E-state index contributed by atoms with van der Waals surface area (Å²) in [4.78, 5) is 36.5. The molecule has 10 heteroatoms. The Morgan fingerprint density at radius 3 is 2.79 bits per heavy atom. The maximum atomic E-state index is 12.3. The summed E-state index contributed by atoms with van der Waals surface area (Å²) < 4.78 is 1.45. The van der Waals surface area contributed by atoms with E-state index < -0.39 is 18.1 Å². The van der Waals surface area contributed by atoms with Crippen LogP contribution in [0.3, 0.4) is 0 Å². The Balaban J connectivity index is 1.67. The van der Waals surface area contributed by atoms with Crippen LogP contribution in [0.4, 0.5) is 5.82 Å². The van der Waals surface area contributed by atoms with Crippen LogP contribution in [0.5, 0.6) is 0 Å². The third-order valence-electron chi connectivity index (χ3n) is 4.56. The summed E-state index contributed by atoms with van der Waals surface area (Å²) in [5.74, 6) is -1.45. The molecule has 0 radical (unpaired) electrons. The molecule has 0 spiro atoms. The monoisotopic (exact) mass is 418 g/mol. The van der Waals surface area contributed by atoms with E-state index in [1.54, 1.807) is 37.3 Å². The molecule has 1 aromatic heterocycles. The van der Waals surface area contributed by atoms with Crippen molar-refractivity contribution < 1.29 is 14.4 Å². The van der Waals surface area contributed by atoms with E-state index in [2.05, 4.69) is 26.4 Å². The van der Waals surface area contributed by atoms with Crippen LogP contribution >= 0.6 is 11.6 Å². The van der Waals surface area contributed by atoms with Crippen molar-refractivity contribution in [1.82, 2.24) is 25.7 Å². The fourth-order valence-electron chi connectivity index (χ4n) is 3.03. The second-order valence-electron chi connectivity index (χ2n) is 6.79. The van der Waals surface area contributed by atoms with E-state index in [9.17, 15) is 14.4 Å². The quantitative estimate of drug-likeness (QED) is 0.548. The lowest BCUT2D eigenvalue weighted by molar-refractivity contribution is -0.136. The number of nitrogens with zero attached hydrogens (tertiary/aromatic N) is 2. The Labute approximate surface area is 173 Å². The molecule has 1 fully saturated rings.